The van der Waals surface area contributed by atoms with Crippen molar-refractivity contribution >= 4 is 20.4 Å². The van der Waals surface area contributed by atoms with Gasteiger partial charge in [-0.2, -0.15) is 0 Å². The van der Waals surface area contributed by atoms with Crippen LogP contribution in [0.2, 0.25) is 0 Å². The molecule has 2 atom stereocenters. The second-order valence-electron chi connectivity index (χ2n) is 4.87. The molecule has 2 unspecified atom stereocenters. The third-order valence-corrected chi connectivity index (χ3v) is 6.81. The Morgan fingerprint density at radius 2 is 0.952 bits per heavy atom. The molecule has 0 fully saturated rings. The first-order valence-corrected chi connectivity index (χ1v) is 9.14. The molecule has 0 aliphatic heterocycles. The zero-order chi connectivity index (χ0) is 14.7. The van der Waals surface area contributed by atoms with Crippen molar-refractivity contribution in [1.29, 1.82) is 0 Å². The minimum atomic E-state index is -0.700. The molecule has 0 saturated heterocycles. The van der Waals surface area contributed by atoms with Gasteiger partial charge in [-0.3, -0.25) is 0 Å². The van der Waals surface area contributed by atoms with Crippen molar-refractivity contribution in [2.45, 2.75) is 12.2 Å². The minimum absolute atomic E-state index is 0.551. The van der Waals surface area contributed by atoms with Crippen molar-refractivity contribution in [2.75, 3.05) is 0 Å². The summed E-state index contributed by atoms with van der Waals surface area (Å²) in [4.78, 5) is 0. The quantitative estimate of drug-likeness (QED) is 0.671. The summed E-state index contributed by atoms with van der Waals surface area (Å²) in [5.74, 6) is 0. The number of aliphatic hydroxyl groups is 2. The number of aliphatic hydroxyl groups excluding tert-OH is 2. The number of hydrogen-bond acceptors (Lipinski definition) is 2. The van der Waals surface area contributed by atoms with Gasteiger partial charge in [0.1, 0.15) is 0 Å². The van der Waals surface area contributed by atoms with Crippen LogP contribution in [0.5, 0.6) is 0 Å². The SMILES string of the molecule is OC(c1ccccc1)c1ccc(C(O)c2ccccc2)[te]1. The Balaban J connectivity index is 1.84. The predicted octanol–water partition coefficient (Wildman–Crippen LogP) is 2.91. The molecule has 21 heavy (non-hydrogen) atoms. The Labute approximate surface area is 133 Å². The van der Waals surface area contributed by atoms with Crippen LogP contribution in [-0.2, 0) is 0 Å². The van der Waals surface area contributed by atoms with E-state index in [1.807, 2.05) is 72.8 Å². The molecule has 0 amide bonds. The van der Waals surface area contributed by atoms with Gasteiger partial charge in [0, 0.05) is 0 Å². The van der Waals surface area contributed by atoms with Crippen molar-refractivity contribution in [3.63, 3.8) is 0 Å². The Kier molecular flexibility index (Phi) is 4.57. The van der Waals surface area contributed by atoms with Gasteiger partial charge in [-0.25, -0.2) is 0 Å². The third-order valence-electron chi connectivity index (χ3n) is 3.42. The van der Waals surface area contributed by atoms with Crippen molar-refractivity contribution in [2.24, 2.45) is 0 Å². The van der Waals surface area contributed by atoms with E-state index in [1.165, 1.54) is 0 Å². The van der Waals surface area contributed by atoms with E-state index in [0.29, 0.717) is 0 Å². The van der Waals surface area contributed by atoms with Gasteiger partial charge in [0.15, 0.2) is 0 Å². The van der Waals surface area contributed by atoms with Crippen LogP contribution in [0.4, 0.5) is 0 Å². The topological polar surface area (TPSA) is 40.5 Å². The van der Waals surface area contributed by atoms with E-state index in [-0.39, 0.29) is 0 Å². The molecule has 3 heteroatoms. The number of rotatable bonds is 4. The van der Waals surface area contributed by atoms with Crippen LogP contribution in [-0.4, -0.2) is 30.6 Å². The van der Waals surface area contributed by atoms with Crippen molar-refractivity contribution in [3.8, 4) is 0 Å². The Morgan fingerprint density at radius 1 is 0.571 bits per heavy atom. The summed E-state index contributed by atoms with van der Waals surface area (Å²) >= 11 is -0.700. The normalized spacial score (nSPS) is 13.8. The van der Waals surface area contributed by atoms with Crippen LogP contribution in [0.3, 0.4) is 0 Å². The molecular formula is C18H16O2Te. The van der Waals surface area contributed by atoms with E-state index >= 15 is 0 Å². The molecule has 0 spiro atoms. The Morgan fingerprint density at radius 3 is 1.33 bits per heavy atom. The molecule has 2 nitrogen and oxygen atoms in total. The summed E-state index contributed by atoms with van der Waals surface area (Å²) in [6.07, 6.45) is -1.10. The number of hydrogen-bond donors (Lipinski definition) is 2. The first kappa shape index (κ1) is 14.6. The van der Waals surface area contributed by atoms with Crippen molar-refractivity contribution in [3.05, 3.63) is 91.1 Å². The maximum absolute atomic E-state index is 10.4. The van der Waals surface area contributed by atoms with Gasteiger partial charge in [-0.05, 0) is 0 Å². The zero-order valence-electron chi connectivity index (χ0n) is 11.4. The molecule has 3 rings (SSSR count). The molecule has 3 aromatic rings. The fraction of sp³-hybridized carbons (Fsp3) is 0.111. The average Bonchev–Trinajstić information content (AvgIpc) is 3.05. The van der Waals surface area contributed by atoms with Gasteiger partial charge in [0.25, 0.3) is 0 Å². The summed E-state index contributed by atoms with van der Waals surface area (Å²) in [6, 6.07) is 23.3. The predicted molar refractivity (Wildman–Crippen MR) is 84.4 cm³/mol. The van der Waals surface area contributed by atoms with Crippen LogP contribution in [0.25, 0.3) is 0 Å². The second kappa shape index (κ2) is 6.60. The van der Waals surface area contributed by atoms with E-state index in [0.717, 1.165) is 18.3 Å². The standard InChI is InChI=1S/C18H16O2Te/c19-17(13-7-3-1-4-8-13)15-11-12-16(21-15)18(20)14-9-5-2-6-10-14/h1-12,17-20H. The maximum atomic E-state index is 10.4. The number of benzene rings is 2. The average molecular weight is 392 g/mol. The van der Waals surface area contributed by atoms with Crippen molar-refractivity contribution in [1.82, 2.24) is 0 Å². The van der Waals surface area contributed by atoms with Gasteiger partial charge in [-0.1, -0.05) is 0 Å². The molecule has 2 aromatic carbocycles. The summed E-state index contributed by atoms with van der Waals surface area (Å²) < 4.78 is 2.10. The van der Waals surface area contributed by atoms with E-state index in [2.05, 4.69) is 0 Å². The van der Waals surface area contributed by atoms with Gasteiger partial charge in [0.05, 0.1) is 0 Å². The summed E-state index contributed by atoms with van der Waals surface area (Å²) in [6.45, 7) is 0. The van der Waals surface area contributed by atoms with Crippen LogP contribution in [0.15, 0.2) is 72.8 Å². The van der Waals surface area contributed by atoms with Crippen LogP contribution in [0, 0.1) is 0 Å². The fourth-order valence-electron chi connectivity index (χ4n) is 2.26. The van der Waals surface area contributed by atoms with Crippen LogP contribution >= 0.6 is 0 Å². The van der Waals surface area contributed by atoms with Gasteiger partial charge in [-0.15, -0.1) is 0 Å². The second-order valence-corrected chi connectivity index (χ2v) is 8.14. The first-order valence-electron chi connectivity index (χ1n) is 6.81. The van der Waals surface area contributed by atoms with Gasteiger partial charge in [0.2, 0.25) is 0 Å². The Bertz CT molecular complexity index is 632. The van der Waals surface area contributed by atoms with Crippen LogP contribution < -0.4 is 0 Å². The fourth-order valence-corrected chi connectivity index (χ4v) is 5.23. The zero-order valence-corrected chi connectivity index (χ0v) is 13.7. The molecule has 0 saturated carbocycles. The molecule has 2 N–H and O–H groups in total. The van der Waals surface area contributed by atoms with Gasteiger partial charge >= 0.3 is 134 Å². The molecule has 0 aliphatic rings. The monoisotopic (exact) mass is 394 g/mol. The summed E-state index contributed by atoms with van der Waals surface area (Å²) in [7, 11) is 0. The molecule has 0 aliphatic carbocycles. The molecule has 106 valence electrons. The third kappa shape index (κ3) is 3.28. The van der Waals surface area contributed by atoms with E-state index < -0.39 is 32.6 Å². The first-order chi connectivity index (χ1) is 10.3. The van der Waals surface area contributed by atoms with Gasteiger partial charge < -0.3 is 0 Å². The summed E-state index contributed by atoms with van der Waals surface area (Å²) in [5.41, 5.74) is 1.83. The molecule has 1 heterocycles. The molecule has 0 bridgehead atoms. The van der Waals surface area contributed by atoms with Crippen LogP contribution in [0.1, 0.15) is 30.5 Å². The molecular weight excluding hydrogens is 376 g/mol. The van der Waals surface area contributed by atoms with Crippen molar-refractivity contribution < 1.29 is 10.2 Å². The molecule has 0 radical (unpaired) electrons. The molecule has 1 aromatic heterocycles. The summed E-state index contributed by atoms with van der Waals surface area (Å²) in [5, 5.41) is 20.9. The van der Waals surface area contributed by atoms with E-state index in [1.54, 1.807) is 0 Å². The van der Waals surface area contributed by atoms with E-state index in [9.17, 15) is 10.2 Å². The van der Waals surface area contributed by atoms with E-state index in [4.69, 9.17) is 0 Å². The Hall–Kier alpha value is -1.37.